The molecule has 0 aliphatic carbocycles. The van der Waals surface area contributed by atoms with Crippen molar-refractivity contribution in [3.8, 4) is 56.9 Å². The molecule has 0 saturated carbocycles. The van der Waals surface area contributed by atoms with Crippen LogP contribution >= 0.6 is 0 Å². The lowest BCUT2D eigenvalue weighted by Crippen LogP contribution is -2.45. The van der Waals surface area contributed by atoms with Crippen LogP contribution in [-0.2, 0) is 0 Å². The number of carbonyl (C=O) groups is 1. The number of carbonyl (C=O) groups excluding carboxylic acids is 1. The Kier molecular flexibility index (Phi) is 9.88. The molecule has 0 fully saturated rings. The Morgan fingerprint density at radius 2 is 1.09 bits per heavy atom. The summed E-state index contributed by atoms with van der Waals surface area (Å²) in [6.45, 7) is 8.32. The minimum atomic E-state index is -0.134. The first kappa shape index (κ1) is 35.6. The molecular weight excluding hydrogens is 693 g/mol. The van der Waals surface area contributed by atoms with Crippen LogP contribution in [0, 0.1) is 6.92 Å². The minimum absolute atomic E-state index is 0.134. The van der Waals surface area contributed by atoms with Crippen LogP contribution in [0.3, 0.4) is 0 Å². The predicted molar refractivity (Wildman–Crippen MR) is 225 cm³/mol. The molecule has 1 amide bonds. The molecule has 0 saturated heterocycles. The molecule has 7 aromatic rings. The molecule has 56 heavy (non-hydrogen) atoms. The number of nitrogens with zero attached hydrogens (tertiary/aromatic N) is 8. The highest BCUT2D eigenvalue weighted by Crippen LogP contribution is 2.36. The van der Waals surface area contributed by atoms with Gasteiger partial charge in [-0.1, -0.05) is 134 Å². The molecule has 9 nitrogen and oxygen atoms in total. The van der Waals surface area contributed by atoms with E-state index in [0.29, 0.717) is 52.7 Å². The van der Waals surface area contributed by atoms with Crippen molar-refractivity contribution in [2.75, 3.05) is 23.5 Å². The molecule has 272 valence electrons. The van der Waals surface area contributed by atoms with Gasteiger partial charge in [0.25, 0.3) is 5.91 Å². The van der Waals surface area contributed by atoms with Crippen LogP contribution in [0.25, 0.3) is 62.5 Å². The summed E-state index contributed by atoms with van der Waals surface area (Å²) in [5, 5.41) is 0. The summed E-state index contributed by atoms with van der Waals surface area (Å²) >= 11 is 0. The number of allylic oxidation sites excluding steroid dienone is 5. The molecule has 0 bridgehead atoms. The lowest BCUT2D eigenvalue weighted by Gasteiger charge is -2.36. The van der Waals surface area contributed by atoms with Crippen LogP contribution in [0.1, 0.15) is 28.7 Å². The molecular formula is C47H38N8O. The summed E-state index contributed by atoms with van der Waals surface area (Å²) in [6, 6.07) is 41.3. The van der Waals surface area contributed by atoms with Crippen LogP contribution in [0.2, 0.25) is 0 Å². The van der Waals surface area contributed by atoms with Gasteiger partial charge in [0.2, 0.25) is 0 Å². The topological polar surface area (TPSA) is 101 Å². The third-order valence-electron chi connectivity index (χ3n) is 9.57. The Balaban J connectivity index is 1.20. The van der Waals surface area contributed by atoms with E-state index in [0.717, 1.165) is 44.8 Å². The Labute approximate surface area is 326 Å². The van der Waals surface area contributed by atoms with Gasteiger partial charge in [-0.25, -0.2) is 29.9 Å². The van der Waals surface area contributed by atoms with E-state index >= 15 is 0 Å². The highest BCUT2D eigenvalue weighted by molar-refractivity contribution is 6.12. The first-order valence-electron chi connectivity index (χ1n) is 18.3. The number of hydrogen-bond acceptors (Lipinski definition) is 8. The van der Waals surface area contributed by atoms with E-state index in [1.54, 1.807) is 11.0 Å². The quantitative estimate of drug-likeness (QED) is 0.135. The van der Waals surface area contributed by atoms with E-state index < -0.39 is 0 Å². The molecule has 0 atom stereocenters. The molecule has 0 spiro atoms. The van der Waals surface area contributed by atoms with Crippen LogP contribution < -0.4 is 9.80 Å². The zero-order chi connectivity index (χ0) is 38.6. The van der Waals surface area contributed by atoms with Crippen molar-refractivity contribution in [1.29, 1.82) is 0 Å². The molecule has 0 N–H and O–H groups in total. The number of benzene rings is 5. The number of anilines is 2. The van der Waals surface area contributed by atoms with E-state index in [-0.39, 0.29) is 5.91 Å². The van der Waals surface area contributed by atoms with Crippen LogP contribution in [0.15, 0.2) is 158 Å². The summed E-state index contributed by atoms with van der Waals surface area (Å²) in [6.07, 6.45) is 7.54. The highest BCUT2D eigenvalue weighted by atomic mass is 16.2. The summed E-state index contributed by atoms with van der Waals surface area (Å²) in [5.41, 5.74) is 7.90. The van der Waals surface area contributed by atoms with E-state index in [2.05, 4.69) is 11.5 Å². The van der Waals surface area contributed by atoms with Gasteiger partial charge < -0.3 is 4.90 Å². The lowest BCUT2D eigenvalue weighted by atomic mass is 10.0. The van der Waals surface area contributed by atoms with Crippen molar-refractivity contribution >= 4 is 22.9 Å². The standard InChI is InChI=1S/C47H38N8O/c1-5-7-17-32(6-2)41-48-42(33-18-11-8-12-19-33)53-46(49-41)37-25-24-31(3)40(29-37)55-30-54(4)39-27-26-36(28-38(39)47(55)56)45-51-43(34-20-13-9-14-21-34)50-44(52-45)35-22-15-10-16-23-35/h5-29H,2,30H2,1,3-4H3/b7-5-,32-17+. The molecule has 1 aliphatic heterocycles. The number of hydrogen-bond donors (Lipinski definition) is 0. The van der Waals surface area contributed by atoms with Gasteiger partial charge >= 0.3 is 0 Å². The van der Waals surface area contributed by atoms with Crippen molar-refractivity contribution in [1.82, 2.24) is 29.9 Å². The largest absolute Gasteiger partial charge is 0.356 e. The highest BCUT2D eigenvalue weighted by Gasteiger charge is 2.31. The van der Waals surface area contributed by atoms with Gasteiger partial charge in [0.1, 0.15) is 0 Å². The second-order valence-electron chi connectivity index (χ2n) is 13.4. The predicted octanol–water partition coefficient (Wildman–Crippen LogP) is 9.90. The monoisotopic (exact) mass is 730 g/mol. The van der Waals surface area contributed by atoms with Gasteiger partial charge in [-0.2, -0.15) is 0 Å². The average molecular weight is 731 g/mol. The van der Waals surface area contributed by atoms with Gasteiger partial charge in [-0.15, -0.1) is 0 Å². The van der Waals surface area contributed by atoms with Crippen LogP contribution in [0.4, 0.5) is 11.4 Å². The summed E-state index contributed by atoms with van der Waals surface area (Å²) < 4.78 is 0. The van der Waals surface area contributed by atoms with Crippen molar-refractivity contribution in [3.63, 3.8) is 0 Å². The normalized spacial score (nSPS) is 12.9. The van der Waals surface area contributed by atoms with Crippen molar-refractivity contribution < 1.29 is 4.79 Å². The SMILES string of the molecule is C=C/C(=C\C=C/C)c1nc(-c2ccccc2)nc(-c2ccc(C)c(N3CN(C)c4ccc(-c5nc(-c6ccccc6)nc(-c6ccccc6)n5)cc4C3=O)c2)n1. The third kappa shape index (κ3) is 7.13. The molecule has 0 unspecified atom stereocenters. The Morgan fingerprint density at radius 1 is 0.607 bits per heavy atom. The molecule has 5 aromatic carbocycles. The van der Waals surface area contributed by atoms with Gasteiger partial charge in [0, 0.05) is 46.1 Å². The van der Waals surface area contributed by atoms with E-state index in [4.69, 9.17) is 29.9 Å². The Morgan fingerprint density at radius 3 is 1.62 bits per heavy atom. The van der Waals surface area contributed by atoms with Gasteiger partial charge in [0.05, 0.1) is 17.9 Å². The maximum atomic E-state index is 14.6. The molecule has 0 radical (unpaired) electrons. The Hall–Kier alpha value is -7.39. The molecule has 9 heteroatoms. The number of amides is 1. The van der Waals surface area contributed by atoms with Crippen LogP contribution in [0.5, 0.6) is 0 Å². The van der Waals surface area contributed by atoms with Gasteiger partial charge in [-0.05, 0) is 43.7 Å². The van der Waals surface area contributed by atoms with E-state index in [9.17, 15) is 4.79 Å². The second kappa shape index (κ2) is 15.5. The van der Waals surface area contributed by atoms with Crippen molar-refractivity contribution in [2.45, 2.75) is 13.8 Å². The Bertz CT molecular complexity index is 2580. The second-order valence-corrected chi connectivity index (χ2v) is 13.4. The first-order valence-corrected chi connectivity index (χ1v) is 18.3. The fourth-order valence-electron chi connectivity index (χ4n) is 6.62. The molecule has 2 aromatic heterocycles. The number of aryl methyl sites for hydroxylation is 1. The zero-order valence-electron chi connectivity index (χ0n) is 31.3. The fourth-order valence-corrected chi connectivity index (χ4v) is 6.62. The summed E-state index contributed by atoms with van der Waals surface area (Å²) in [7, 11) is 1.99. The lowest BCUT2D eigenvalue weighted by molar-refractivity contribution is 0.0982. The van der Waals surface area contributed by atoms with E-state index in [1.807, 2.05) is 167 Å². The minimum Gasteiger partial charge on any atom is -0.356 e. The third-order valence-corrected chi connectivity index (χ3v) is 9.57. The number of aromatic nitrogens is 6. The van der Waals surface area contributed by atoms with Crippen LogP contribution in [-0.4, -0.2) is 49.5 Å². The number of rotatable bonds is 9. The van der Waals surface area contributed by atoms with Crippen molar-refractivity contribution in [3.05, 3.63) is 175 Å². The first-order chi connectivity index (χ1) is 27.4. The van der Waals surface area contributed by atoms with Crippen molar-refractivity contribution in [2.24, 2.45) is 0 Å². The smallest absolute Gasteiger partial charge is 0.261 e. The van der Waals surface area contributed by atoms with E-state index in [1.165, 1.54) is 0 Å². The number of fused-ring (bicyclic) bond motifs is 1. The maximum Gasteiger partial charge on any atom is 0.261 e. The maximum absolute atomic E-state index is 14.6. The van der Waals surface area contributed by atoms with Gasteiger partial charge in [-0.3, -0.25) is 9.69 Å². The van der Waals surface area contributed by atoms with Gasteiger partial charge in [0.15, 0.2) is 34.9 Å². The summed E-state index contributed by atoms with van der Waals surface area (Å²) in [5.74, 6) is 2.99. The zero-order valence-corrected chi connectivity index (χ0v) is 31.3. The molecule has 3 heterocycles. The fraction of sp³-hybridized carbons (Fsp3) is 0.0851. The summed E-state index contributed by atoms with van der Waals surface area (Å²) in [4.78, 5) is 47.8. The molecule has 1 aliphatic rings. The average Bonchev–Trinajstić information content (AvgIpc) is 3.26. The molecule has 8 rings (SSSR count).